The van der Waals surface area contributed by atoms with E-state index in [1.54, 1.807) is 16.9 Å². The van der Waals surface area contributed by atoms with Gasteiger partial charge in [0.2, 0.25) is 0 Å². The van der Waals surface area contributed by atoms with E-state index < -0.39 is 5.97 Å². The van der Waals surface area contributed by atoms with Crippen LogP contribution >= 0.6 is 12.4 Å². The van der Waals surface area contributed by atoms with Gasteiger partial charge in [0.25, 0.3) is 5.91 Å². The summed E-state index contributed by atoms with van der Waals surface area (Å²) in [7, 11) is 0. The lowest BCUT2D eigenvalue weighted by Crippen LogP contribution is -2.39. The van der Waals surface area contributed by atoms with Crippen molar-refractivity contribution < 1.29 is 23.5 Å². The van der Waals surface area contributed by atoms with Gasteiger partial charge in [0.1, 0.15) is 29.6 Å². The van der Waals surface area contributed by atoms with Crippen LogP contribution in [0.1, 0.15) is 46.7 Å². The van der Waals surface area contributed by atoms with Crippen molar-refractivity contribution in [2.75, 3.05) is 13.1 Å². The zero-order chi connectivity index (χ0) is 45.5. The van der Waals surface area contributed by atoms with Crippen LogP contribution in [-0.2, 0) is 13.1 Å². The van der Waals surface area contributed by atoms with Gasteiger partial charge in [-0.15, -0.1) is 12.4 Å². The predicted octanol–water partition coefficient (Wildman–Crippen LogP) is 9.78. The van der Waals surface area contributed by atoms with E-state index in [9.17, 15) is 14.7 Å². The SMILES string of the molecule is Cl.O=C(O)c1c(-c2ccccc2)nc2occn12.O=C(c1c(-c2ccccc2)nc2occn12)N1CCC[C@H]1Cn1ccc(-c2ccccc2)n1.c1ccc(-c2ccn(C[C@@H]3CCCN3)n2)cc1. The average molecular weight is 929 g/mol. The molecule has 8 heterocycles. The number of rotatable bonds is 10. The second kappa shape index (κ2) is 20.7. The number of carboxylic acid groups (broad SMARTS) is 1. The number of halogens is 1. The van der Waals surface area contributed by atoms with Gasteiger partial charge in [0, 0.05) is 59.6 Å². The van der Waals surface area contributed by atoms with Gasteiger partial charge >= 0.3 is 17.7 Å². The Balaban J connectivity index is 0.000000139. The third kappa shape index (κ3) is 9.75. The van der Waals surface area contributed by atoms with Crippen molar-refractivity contribution in [3.63, 3.8) is 0 Å². The number of aromatic carboxylic acids is 1. The number of imidazole rings is 2. The fourth-order valence-electron chi connectivity index (χ4n) is 8.81. The quantitative estimate of drug-likeness (QED) is 0.135. The van der Waals surface area contributed by atoms with Crippen LogP contribution in [0.5, 0.6) is 0 Å². The second-order valence-corrected chi connectivity index (χ2v) is 16.4. The molecule has 1 amide bonds. The second-order valence-electron chi connectivity index (χ2n) is 16.4. The molecule has 0 aliphatic carbocycles. The Morgan fingerprint density at radius 2 is 1.07 bits per heavy atom. The van der Waals surface area contributed by atoms with Crippen molar-refractivity contribution in [3.05, 3.63) is 182 Å². The maximum atomic E-state index is 13.8. The normalized spacial score (nSPS) is 15.4. The smallest absolute Gasteiger partial charge is 0.355 e. The van der Waals surface area contributed by atoms with E-state index in [0.717, 1.165) is 60.6 Å². The molecule has 2 atom stereocenters. The van der Waals surface area contributed by atoms with Crippen molar-refractivity contribution >= 4 is 36.0 Å². The molecule has 0 spiro atoms. The Labute approximate surface area is 397 Å². The number of hydrogen-bond acceptors (Lipinski definition) is 9. The lowest BCUT2D eigenvalue weighted by Gasteiger charge is -2.25. The molecule has 2 fully saturated rings. The fraction of sp³-hybridized carbons (Fsp3) is 0.192. The minimum atomic E-state index is -1.03. The summed E-state index contributed by atoms with van der Waals surface area (Å²) in [5.74, 6) is -0.354. The van der Waals surface area contributed by atoms with E-state index in [0.29, 0.717) is 35.5 Å². The maximum absolute atomic E-state index is 13.8. The molecule has 2 saturated heterocycles. The van der Waals surface area contributed by atoms with Crippen molar-refractivity contribution in [3.8, 4) is 45.0 Å². The largest absolute Gasteiger partial charge is 0.476 e. The van der Waals surface area contributed by atoms with Gasteiger partial charge in [0.05, 0.1) is 30.5 Å². The third-order valence-corrected chi connectivity index (χ3v) is 12.0. The lowest BCUT2D eigenvalue weighted by molar-refractivity contribution is 0.0687. The van der Waals surface area contributed by atoms with Crippen LogP contribution in [0.15, 0.2) is 180 Å². The number of nitrogens with zero attached hydrogens (tertiary/aromatic N) is 9. The van der Waals surface area contributed by atoms with Crippen LogP contribution in [0.4, 0.5) is 0 Å². The Hall–Kier alpha value is -8.01. The van der Waals surface area contributed by atoms with Gasteiger partial charge in [-0.2, -0.15) is 20.2 Å². The highest BCUT2D eigenvalue weighted by atomic mass is 35.5. The van der Waals surface area contributed by atoms with E-state index in [1.807, 2.05) is 124 Å². The molecule has 0 saturated carbocycles. The van der Waals surface area contributed by atoms with E-state index in [4.69, 9.17) is 13.9 Å². The summed E-state index contributed by atoms with van der Waals surface area (Å²) in [6.45, 7) is 3.51. The maximum Gasteiger partial charge on any atom is 0.355 e. The first-order valence-electron chi connectivity index (χ1n) is 22.4. The van der Waals surface area contributed by atoms with Gasteiger partial charge in [0.15, 0.2) is 5.69 Å². The van der Waals surface area contributed by atoms with Gasteiger partial charge < -0.3 is 24.2 Å². The van der Waals surface area contributed by atoms with E-state index in [-0.39, 0.29) is 35.9 Å². The summed E-state index contributed by atoms with van der Waals surface area (Å²) >= 11 is 0. The molecule has 2 aliphatic rings. The Bertz CT molecular complexity index is 3210. The molecule has 0 radical (unpaired) electrons. The summed E-state index contributed by atoms with van der Waals surface area (Å²) in [6, 6.07) is 44.2. The number of hydrogen-bond donors (Lipinski definition) is 2. The highest BCUT2D eigenvalue weighted by Crippen LogP contribution is 2.30. The minimum Gasteiger partial charge on any atom is -0.476 e. The lowest BCUT2D eigenvalue weighted by atomic mass is 10.1. The molecule has 10 aromatic rings. The van der Waals surface area contributed by atoms with Gasteiger partial charge in [-0.25, -0.2) is 4.79 Å². The van der Waals surface area contributed by atoms with Crippen LogP contribution < -0.4 is 5.32 Å². The number of carboxylic acids is 1. The molecular formula is C52H49ClN10O5. The molecule has 344 valence electrons. The van der Waals surface area contributed by atoms with Crippen LogP contribution in [0.3, 0.4) is 0 Å². The molecular weight excluding hydrogens is 880 g/mol. The Kier molecular flexibility index (Phi) is 13.7. The zero-order valence-corrected chi connectivity index (χ0v) is 37.8. The highest BCUT2D eigenvalue weighted by Gasteiger charge is 2.34. The number of fused-ring (bicyclic) bond motifs is 2. The third-order valence-electron chi connectivity index (χ3n) is 12.0. The number of oxazole rings is 2. The van der Waals surface area contributed by atoms with Crippen LogP contribution in [-0.4, -0.2) is 85.4 Å². The molecule has 2 N–H and O–H groups in total. The summed E-state index contributed by atoms with van der Waals surface area (Å²) in [5, 5.41) is 22.1. The van der Waals surface area contributed by atoms with Crippen LogP contribution in [0, 0.1) is 0 Å². The highest BCUT2D eigenvalue weighted by molar-refractivity contribution is 6.00. The number of carbonyl (C=O) groups is 2. The Morgan fingerprint density at radius 3 is 1.57 bits per heavy atom. The first-order valence-corrected chi connectivity index (χ1v) is 22.4. The minimum absolute atomic E-state index is 0. The van der Waals surface area contributed by atoms with Crippen molar-refractivity contribution in [1.29, 1.82) is 0 Å². The van der Waals surface area contributed by atoms with Crippen LogP contribution in [0.2, 0.25) is 0 Å². The zero-order valence-electron chi connectivity index (χ0n) is 37.0. The van der Waals surface area contributed by atoms with Crippen LogP contribution in [0.25, 0.3) is 56.7 Å². The molecule has 15 nitrogen and oxygen atoms in total. The first kappa shape index (κ1) is 45.2. The molecule has 0 bridgehead atoms. The molecule has 16 heteroatoms. The standard InChI is InChI=1S/C26H23N5O2.C14H17N3.C12H8N2O3.ClH/c32-25(24-23(20-10-5-2-6-11-20)27-26-31(24)16-17-33-26)30-14-7-12-21(30)18-29-15-13-22(28-29)19-8-3-1-4-9-19;1-2-5-12(6-3-1)14-8-10-17(16-14)11-13-7-4-9-15-13;15-11(16)10-9(8-4-2-1-3-5-8)13-12-14(10)6-7-17-12;/h1-6,8-11,13,15-17,21H,7,12,14,18H2;1-3,5-6,8,10,13,15H,4,7,9,11H2;1-7H,(H,15,16);1H/t21-;13-;;/m00../s1. The fourth-order valence-corrected chi connectivity index (χ4v) is 8.81. The molecule has 0 unspecified atom stereocenters. The number of aromatic nitrogens is 8. The Morgan fingerprint density at radius 1 is 0.588 bits per heavy atom. The number of nitrogens with one attached hydrogen (secondary N) is 1. The predicted molar refractivity (Wildman–Crippen MR) is 260 cm³/mol. The summed E-state index contributed by atoms with van der Waals surface area (Å²) in [5.41, 5.74) is 7.64. The van der Waals surface area contributed by atoms with Gasteiger partial charge in [-0.05, 0) is 44.4 Å². The molecule has 12 rings (SSSR count). The number of benzene rings is 4. The number of carbonyl (C=O) groups excluding carboxylic acids is 1. The van der Waals surface area contributed by atoms with Crippen molar-refractivity contribution in [2.24, 2.45) is 0 Å². The van der Waals surface area contributed by atoms with Crippen molar-refractivity contribution in [2.45, 2.75) is 50.9 Å². The summed E-state index contributed by atoms with van der Waals surface area (Å²) in [4.78, 5) is 35.9. The van der Waals surface area contributed by atoms with Gasteiger partial charge in [-0.1, -0.05) is 121 Å². The monoisotopic (exact) mass is 928 g/mol. The van der Waals surface area contributed by atoms with Gasteiger partial charge in [-0.3, -0.25) is 23.0 Å². The first-order chi connectivity index (χ1) is 33.0. The summed E-state index contributed by atoms with van der Waals surface area (Å²) < 4.78 is 17.8. The topological polar surface area (TPSA) is 166 Å². The molecule has 6 aromatic heterocycles. The van der Waals surface area contributed by atoms with E-state index in [2.05, 4.69) is 56.9 Å². The van der Waals surface area contributed by atoms with Crippen molar-refractivity contribution in [1.82, 2.24) is 48.5 Å². The number of amides is 1. The van der Waals surface area contributed by atoms with E-state index in [1.165, 1.54) is 35.3 Å². The molecule has 68 heavy (non-hydrogen) atoms. The number of likely N-dealkylation sites (tertiary alicyclic amines) is 1. The molecule has 4 aromatic carbocycles. The molecule has 2 aliphatic heterocycles. The average Bonchev–Trinajstić information content (AvgIpc) is 4.22. The van der Waals surface area contributed by atoms with E-state index >= 15 is 0 Å². The summed E-state index contributed by atoms with van der Waals surface area (Å²) in [6.07, 6.45) is 14.8.